The molecule has 0 aromatic heterocycles. The Morgan fingerprint density at radius 3 is 2.24 bits per heavy atom. The minimum absolute atomic E-state index is 0.0372. The third-order valence-corrected chi connectivity index (χ3v) is 5.78. The van der Waals surface area contributed by atoms with Crippen LogP contribution in [0.25, 0.3) is 0 Å². The Bertz CT molecular complexity index is 446. The summed E-state index contributed by atoms with van der Waals surface area (Å²) >= 11 is 0. The average molecular weight is 318 g/mol. The van der Waals surface area contributed by atoms with E-state index >= 15 is 0 Å². The third-order valence-electron chi connectivity index (χ3n) is 3.89. The van der Waals surface area contributed by atoms with Gasteiger partial charge in [-0.15, -0.1) is 0 Å². The molecule has 1 saturated heterocycles. The van der Waals surface area contributed by atoms with Crippen LogP contribution in [0.4, 0.5) is 0 Å². The van der Waals surface area contributed by atoms with Crippen molar-refractivity contribution < 1.29 is 13.2 Å². The normalized spacial score (nSPS) is 19.6. The lowest BCUT2D eigenvalue weighted by atomic mass is 9.93. The van der Waals surface area contributed by atoms with Crippen molar-refractivity contribution in [1.29, 1.82) is 0 Å². The maximum atomic E-state index is 12.2. The molecular weight excluding hydrogens is 288 g/mol. The van der Waals surface area contributed by atoms with Crippen molar-refractivity contribution in [2.24, 2.45) is 5.41 Å². The van der Waals surface area contributed by atoms with Gasteiger partial charge in [0, 0.05) is 36.3 Å². The number of carbonyl (C=O) groups is 1. The first-order valence-electron chi connectivity index (χ1n) is 7.81. The first-order valence-corrected chi connectivity index (χ1v) is 9.63. The number of sulfone groups is 1. The second-order valence-electron chi connectivity index (χ2n) is 7.08. The summed E-state index contributed by atoms with van der Waals surface area (Å²) in [6, 6.07) is 0.265. The van der Waals surface area contributed by atoms with Crippen LogP contribution in [0.2, 0.25) is 0 Å². The van der Waals surface area contributed by atoms with E-state index in [4.69, 9.17) is 0 Å². The molecule has 0 spiro atoms. The highest BCUT2D eigenvalue weighted by Gasteiger charge is 2.30. The van der Waals surface area contributed by atoms with Crippen molar-refractivity contribution >= 4 is 15.7 Å². The van der Waals surface area contributed by atoms with E-state index in [9.17, 15) is 13.2 Å². The number of rotatable bonds is 5. The molecule has 1 rings (SSSR count). The first-order chi connectivity index (χ1) is 9.55. The van der Waals surface area contributed by atoms with Gasteiger partial charge in [0.2, 0.25) is 5.91 Å². The van der Waals surface area contributed by atoms with Gasteiger partial charge in [-0.1, -0.05) is 27.7 Å². The number of likely N-dealkylation sites (tertiary alicyclic amines) is 1. The molecule has 0 aliphatic carbocycles. The fraction of sp³-hybridized carbons (Fsp3) is 0.933. The van der Waals surface area contributed by atoms with Gasteiger partial charge in [-0.3, -0.25) is 4.79 Å². The molecule has 1 N–H and O–H groups in total. The maximum absolute atomic E-state index is 12.2. The van der Waals surface area contributed by atoms with E-state index in [0.717, 1.165) is 25.9 Å². The van der Waals surface area contributed by atoms with Gasteiger partial charge in [0.15, 0.2) is 9.84 Å². The van der Waals surface area contributed by atoms with Gasteiger partial charge < -0.3 is 10.2 Å². The molecule has 0 aromatic rings. The van der Waals surface area contributed by atoms with E-state index in [1.165, 1.54) is 0 Å². The number of hydrogen-bond donors (Lipinski definition) is 1. The molecule has 1 unspecified atom stereocenters. The van der Waals surface area contributed by atoms with Crippen molar-refractivity contribution in [3.63, 3.8) is 0 Å². The van der Waals surface area contributed by atoms with Gasteiger partial charge in [-0.25, -0.2) is 8.42 Å². The van der Waals surface area contributed by atoms with Crippen LogP contribution in [0, 0.1) is 5.41 Å². The predicted octanol–water partition coefficient (Wildman–Crippen LogP) is 1.44. The van der Waals surface area contributed by atoms with Crippen LogP contribution < -0.4 is 5.32 Å². The van der Waals surface area contributed by atoms with Crippen molar-refractivity contribution in [2.75, 3.05) is 24.6 Å². The molecule has 1 fully saturated rings. The number of carbonyl (C=O) groups excluding carboxylic acids is 1. The summed E-state index contributed by atoms with van der Waals surface area (Å²) < 4.78 is 23.2. The van der Waals surface area contributed by atoms with Crippen molar-refractivity contribution in [1.82, 2.24) is 10.2 Å². The van der Waals surface area contributed by atoms with E-state index < -0.39 is 9.84 Å². The summed E-state index contributed by atoms with van der Waals surface area (Å²) in [5, 5.41) is 3.39. The van der Waals surface area contributed by atoms with E-state index in [0.29, 0.717) is 6.04 Å². The molecule has 0 saturated carbocycles. The largest absolute Gasteiger partial charge is 0.342 e. The zero-order valence-corrected chi connectivity index (χ0v) is 14.8. The van der Waals surface area contributed by atoms with E-state index in [-0.39, 0.29) is 28.9 Å². The third kappa shape index (κ3) is 5.94. The Labute approximate surface area is 129 Å². The maximum Gasteiger partial charge on any atom is 0.227 e. The van der Waals surface area contributed by atoms with Crippen LogP contribution in [0.3, 0.4) is 0 Å². The Morgan fingerprint density at radius 1 is 1.29 bits per heavy atom. The standard InChI is InChI=1S/C15H30N2O3S/c1-6-21(19,20)11-12(2)16-13-7-9-17(10-8-13)14(18)15(3,4)5/h12-13,16H,6-11H2,1-5H3. The fourth-order valence-electron chi connectivity index (χ4n) is 2.67. The number of hydrogen-bond acceptors (Lipinski definition) is 4. The van der Waals surface area contributed by atoms with Crippen LogP contribution in [0.1, 0.15) is 47.5 Å². The number of piperidine rings is 1. The highest BCUT2D eigenvalue weighted by Crippen LogP contribution is 2.21. The quantitative estimate of drug-likeness (QED) is 0.833. The Morgan fingerprint density at radius 2 is 1.81 bits per heavy atom. The molecule has 1 atom stereocenters. The molecule has 1 amide bonds. The van der Waals surface area contributed by atoms with Gasteiger partial charge in [-0.2, -0.15) is 0 Å². The zero-order chi connectivity index (χ0) is 16.3. The minimum atomic E-state index is -2.94. The number of nitrogens with zero attached hydrogens (tertiary/aromatic N) is 1. The molecule has 0 bridgehead atoms. The summed E-state index contributed by atoms with van der Waals surface area (Å²) in [5.41, 5.74) is -0.331. The van der Waals surface area contributed by atoms with Crippen molar-refractivity contribution in [3.05, 3.63) is 0 Å². The van der Waals surface area contributed by atoms with Gasteiger partial charge >= 0.3 is 0 Å². The molecule has 6 heteroatoms. The van der Waals surface area contributed by atoms with Gasteiger partial charge in [0.25, 0.3) is 0 Å². The van der Waals surface area contributed by atoms with Gasteiger partial charge in [0.1, 0.15) is 0 Å². The monoisotopic (exact) mass is 318 g/mol. The van der Waals surface area contributed by atoms with Gasteiger partial charge in [0.05, 0.1) is 5.75 Å². The molecular formula is C15H30N2O3S. The second-order valence-corrected chi connectivity index (χ2v) is 9.48. The van der Waals surface area contributed by atoms with Crippen LogP contribution in [0.15, 0.2) is 0 Å². The van der Waals surface area contributed by atoms with Crippen LogP contribution in [0.5, 0.6) is 0 Å². The van der Waals surface area contributed by atoms with Crippen LogP contribution in [-0.4, -0.2) is 55.9 Å². The molecule has 124 valence electrons. The zero-order valence-electron chi connectivity index (χ0n) is 14.0. The minimum Gasteiger partial charge on any atom is -0.342 e. The first kappa shape index (κ1) is 18.4. The summed E-state index contributed by atoms with van der Waals surface area (Å²) in [7, 11) is -2.94. The topological polar surface area (TPSA) is 66.5 Å². The Kier molecular flexibility index (Phi) is 6.23. The summed E-state index contributed by atoms with van der Waals surface area (Å²) in [4.78, 5) is 14.1. The Balaban J connectivity index is 2.42. The highest BCUT2D eigenvalue weighted by molar-refractivity contribution is 7.91. The molecule has 1 heterocycles. The summed E-state index contributed by atoms with van der Waals surface area (Å²) in [5.74, 6) is 0.574. The molecule has 21 heavy (non-hydrogen) atoms. The predicted molar refractivity (Wildman–Crippen MR) is 86.0 cm³/mol. The Hall–Kier alpha value is -0.620. The average Bonchev–Trinajstić information content (AvgIpc) is 2.37. The smallest absolute Gasteiger partial charge is 0.227 e. The molecule has 1 aliphatic rings. The molecule has 5 nitrogen and oxygen atoms in total. The van der Waals surface area contributed by atoms with E-state index in [1.54, 1.807) is 6.92 Å². The van der Waals surface area contributed by atoms with Gasteiger partial charge in [-0.05, 0) is 19.8 Å². The summed E-state index contributed by atoms with van der Waals surface area (Å²) in [6.07, 6.45) is 1.77. The fourth-order valence-corrected chi connectivity index (χ4v) is 3.77. The highest BCUT2D eigenvalue weighted by atomic mass is 32.2. The number of nitrogens with one attached hydrogen (secondary N) is 1. The van der Waals surface area contributed by atoms with Crippen molar-refractivity contribution in [2.45, 2.75) is 59.5 Å². The second kappa shape index (κ2) is 7.09. The number of amides is 1. The summed E-state index contributed by atoms with van der Waals surface area (Å²) in [6.45, 7) is 10.9. The van der Waals surface area contributed by atoms with E-state index in [2.05, 4.69) is 5.32 Å². The SMILES string of the molecule is CCS(=O)(=O)CC(C)NC1CCN(C(=O)C(C)(C)C)CC1. The molecule has 0 radical (unpaired) electrons. The van der Waals surface area contributed by atoms with E-state index in [1.807, 2.05) is 32.6 Å². The van der Waals surface area contributed by atoms with Crippen molar-refractivity contribution in [3.8, 4) is 0 Å². The van der Waals surface area contributed by atoms with Crippen LogP contribution >= 0.6 is 0 Å². The lowest BCUT2D eigenvalue weighted by Crippen LogP contribution is -2.50. The lowest BCUT2D eigenvalue weighted by Gasteiger charge is -2.37. The molecule has 0 aromatic carbocycles. The van der Waals surface area contributed by atoms with Crippen LogP contribution in [-0.2, 0) is 14.6 Å². The lowest BCUT2D eigenvalue weighted by molar-refractivity contribution is -0.140. The molecule has 1 aliphatic heterocycles.